The molecule has 0 fully saturated rings. The van der Waals surface area contributed by atoms with Crippen molar-refractivity contribution in [3.8, 4) is 0 Å². The molecule has 0 saturated heterocycles. The minimum atomic E-state index is -0.524. The van der Waals surface area contributed by atoms with E-state index in [2.05, 4.69) is 22.8 Å². The predicted octanol–water partition coefficient (Wildman–Crippen LogP) is 2.34. The number of amides is 2. The molecular formula is C17H24N2O2. The third-order valence-corrected chi connectivity index (χ3v) is 3.87. The SMILES string of the molecule is C[C@H](NC(=O)C(C)(C)C)C(=O)N[C@@H]1CCc2ccccc21. The van der Waals surface area contributed by atoms with Crippen LogP contribution in [-0.4, -0.2) is 17.9 Å². The van der Waals surface area contributed by atoms with Gasteiger partial charge < -0.3 is 10.6 Å². The van der Waals surface area contributed by atoms with E-state index in [4.69, 9.17) is 0 Å². The lowest BCUT2D eigenvalue weighted by Gasteiger charge is -2.23. The van der Waals surface area contributed by atoms with Crippen LogP contribution in [0.1, 0.15) is 51.3 Å². The van der Waals surface area contributed by atoms with Gasteiger partial charge in [0.05, 0.1) is 6.04 Å². The lowest BCUT2D eigenvalue weighted by molar-refractivity contribution is -0.133. The molecule has 4 heteroatoms. The summed E-state index contributed by atoms with van der Waals surface area (Å²) >= 11 is 0. The molecule has 2 atom stereocenters. The van der Waals surface area contributed by atoms with E-state index >= 15 is 0 Å². The van der Waals surface area contributed by atoms with Crippen LogP contribution in [0.4, 0.5) is 0 Å². The molecule has 0 heterocycles. The van der Waals surface area contributed by atoms with E-state index in [1.807, 2.05) is 32.9 Å². The predicted molar refractivity (Wildman–Crippen MR) is 82.7 cm³/mol. The van der Waals surface area contributed by atoms with Crippen molar-refractivity contribution in [1.29, 1.82) is 0 Å². The van der Waals surface area contributed by atoms with E-state index in [9.17, 15) is 9.59 Å². The van der Waals surface area contributed by atoms with E-state index in [-0.39, 0.29) is 17.9 Å². The second kappa shape index (κ2) is 5.88. The number of nitrogens with one attached hydrogen (secondary N) is 2. The van der Waals surface area contributed by atoms with Gasteiger partial charge in [-0.1, -0.05) is 45.0 Å². The Morgan fingerprint density at radius 1 is 1.24 bits per heavy atom. The fourth-order valence-electron chi connectivity index (χ4n) is 2.48. The standard InChI is InChI=1S/C17H24N2O2/c1-11(18-16(21)17(2,3)4)15(20)19-14-10-9-12-7-5-6-8-13(12)14/h5-8,11,14H,9-10H2,1-4H3,(H,18,21)(H,19,20)/t11-,14+/m0/s1. The van der Waals surface area contributed by atoms with Crippen molar-refractivity contribution in [3.63, 3.8) is 0 Å². The van der Waals surface area contributed by atoms with Crippen LogP contribution in [0.25, 0.3) is 0 Å². The van der Waals surface area contributed by atoms with E-state index in [0.29, 0.717) is 0 Å². The van der Waals surface area contributed by atoms with Crippen LogP contribution in [-0.2, 0) is 16.0 Å². The van der Waals surface area contributed by atoms with Gasteiger partial charge in [-0.15, -0.1) is 0 Å². The van der Waals surface area contributed by atoms with Gasteiger partial charge in [0, 0.05) is 5.41 Å². The highest BCUT2D eigenvalue weighted by molar-refractivity contribution is 5.89. The minimum absolute atomic E-state index is 0.0580. The first-order chi connectivity index (χ1) is 9.79. The summed E-state index contributed by atoms with van der Waals surface area (Å²) < 4.78 is 0. The fourth-order valence-corrected chi connectivity index (χ4v) is 2.48. The van der Waals surface area contributed by atoms with Crippen LogP contribution < -0.4 is 10.6 Å². The van der Waals surface area contributed by atoms with Crippen molar-refractivity contribution in [3.05, 3.63) is 35.4 Å². The first-order valence-corrected chi connectivity index (χ1v) is 7.48. The topological polar surface area (TPSA) is 58.2 Å². The average Bonchev–Trinajstić information content (AvgIpc) is 2.81. The van der Waals surface area contributed by atoms with Gasteiger partial charge in [-0.3, -0.25) is 9.59 Å². The van der Waals surface area contributed by atoms with E-state index in [1.54, 1.807) is 6.92 Å². The van der Waals surface area contributed by atoms with Crippen molar-refractivity contribution in [2.75, 3.05) is 0 Å². The highest BCUT2D eigenvalue weighted by Crippen LogP contribution is 2.30. The largest absolute Gasteiger partial charge is 0.348 e. The lowest BCUT2D eigenvalue weighted by Crippen LogP contribution is -2.48. The smallest absolute Gasteiger partial charge is 0.242 e. The van der Waals surface area contributed by atoms with E-state index in [1.165, 1.54) is 11.1 Å². The number of carbonyl (C=O) groups is 2. The summed E-state index contributed by atoms with van der Waals surface area (Å²) in [6, 6.07) is 7.72. The fraction of sp³-hybridized carbons (Fsp3) is 0.529. The van der Waals surface area contributed by atoms with Crippen LogP contribution in [0.2, 0.25) is 0 Å². The molecular weight excluding hydrogens is 264 g/mol. The van der Waals surface area contributed by atoms with Crippen LogP contribution in [0, 0.1) is 5.41 Å². The summed E-state index contributed by atoms with van der Waals surface area (Å²) in [6.45, 7) is 7.22. The highest BCUT2D eigenvalue weighted by atomic mass is 16.2. The van der Waals surface area contributed by atoms with Gasteiger partial charge in [-0.2, -0.15) is 0 Å². The molecule has 21 heavy (non-hydrogen) atoms. The molecule has 0 radical (unpaired) electrons. The van der Waals surface area contributed by atoms with Crippen LogP contribution in [0.15, 0.2) is 24.3 Å². The molecule has 1 aromatic rings. The van der Waals surface area contributed by atoms with Crippen molar-refractivity contribution in [1.82, 2.24) is 10.6 Å². The molecule has 0 spiro atoms. The van der Waals surface area contributed by atoms with E-state index in [0.717, 1.165) is 12.8 Å². The number of carbonyl (C=O) groups excluding carboxylic acids is 2. The Bertz CT molecular complexity index is 546. The molecule has 1 aliphatic carbocycles. The normalized spacial score (nSPS) is 18.8. The molecule has 0 bridgehead atoms. The molecule has 0 aromatic heterocycles. The number of hydrogen-bond acceptors (Lipinski definition) is 2. The summed E-state index contributed by atoms with van der Waals surface area (Å²) in [6.07, 6.45) is 1.91. The number of hydrogen-bond donors (Lipinski definition) is 2. The summed E-state index contributed by atoms with van der Waals surface area (Å²) in [4.78, 5) is 24.2. The molecule has 1 aliphatic rings. The first kappa shape index (κ1) is 15.5. The maximum Gasteiger partial charge on any atom is 0.242 e. The molecule has 1 aromatic carbocycles. The van der Waals surface area contributed by atoms with Crippen molar-refractivity contribution in [2.45, 2.75) is 52.6 Å². The molecule has 2 N–H and O–H groups in total. The van der Waals surface area contributed by atoms with Crippen molar-refractivity contribution in [2.24, 2.45) is 5.41 Å². The minimum Gasteiger partial charge on any atom is -0.348 e. The maximum absolute atomic E-state index is 12.2. The highest BCUT2D eigenvalue weighted by Gasteiger charge is 2.28. The Kier molecular flexibility index (Phi) is 4.35. The van der Waals surface area contributed by atoms with Crippen LogP contribution >= 0.6 is 0 Å². The first-order valence-electron chi connectivity index (χ1n) is 7.48. The van der Waals surface area contributed by atoms with Gasteiger partial charge in [0.1, 0.15) is 6.04 Å². The van der Waals surface area contributed by atoms with Crippen LogP contribution in [0.5, 0.6) is 0 Å². The van der Waals surface area contributed by atoms with Gasteiger partial charge in [-0.25, -0.2) is 0 Å². The number of fused-ring (bicyclic) bond motifs is 1. The molecule has 0 saturated carbocycles. The maximum atomic E-state index is 12.2. The zero-order valence-electron chi connectivity index (χ0n) is 13.2. The molecule has 2 rings (SSSR count). The molecule has 2 amide bonds. The van der Waals surface area contributed by atoms with Gasteiger partial charge >= 0.3 is 0 Å². The second-order valence-electron chi connectivity index (χ2n) is 6.74. The quantitative estimate of drug-likeness (QED) is 0.897. The number of rotatable bonds is 3. The summed E-state index contributed by atoms with van der Waals surface area (Å²) in [7, 11) is 0. The van der Waals surface area contributed by atoms with Crippen molar-refractivity contribution < 1.29 is 9.59 Å². The zero-order chi connectivity index (χ0) is 15.6. The lowest BCUT2D eigenvalue weighted by atomic mass is 9.95. The van der Waals surface area contributed by atoms with Crippen LogP contribution in [0.3, 0.4) is 0 Å². The summed E-state index contributed by atoms with van der Waals surface area (Å²) in [5.74, 6) is -0.244. The summed E-state index contributed by atoms with van der Waals surface area (Å²) in [5.41, 5.74) is 2.00. The molecule has 4 nitrogen and oxygen atoms in total. The average molecular weight is 288 g/mol. The van der Waals surface area contributed by atoms with E-state index < -0.39 is 11.5 Å². The van der Waals surface area contributed by atoms with Crippen molar-refractivity contribution >= 4 is 11.8 Å². The number of benzene rings is 1. The van der Waals surface area contributed by atoms with Gasteiger partial charge in [0.25, 0.3) is 0 Å². The Morgan fingerprint density at radius 3 is 2.57 bits per heavy atom. The Balaban J connectivity index is 1.95. The Labute approximate surface area is 126 Å². The van der Waals surface area contributed by atoms with Gasteiger partial charge in [0.2, 0.25) is 11.8 Å². The van der Waals surface area contributed by atoms with Gasteiger partial charge in [0.15, 0.2) is 0 Å². The molecule has 0 unspecified atom stereocenters. The molecule has 0 aliphatic heterocycles. The third kappa shape index (κ3) is 3.63. The second-order valence-corrected chi connectivity index (χ2v) is 6.74. The number of aryl methyl sites for hydroxylation is 1. The molecule has 114 valence electrons. The zero-order valence-corrected chi connectivity index (χ0v) is 13.2. The summed E-state index contributed by atoms with van der Waals surface area (Å²) in [5, 5.41) is 5.80. The third-order valence-electron chi connectivity index (χ3n) is 3.87. The Morgan fingerprint density at radius 2 is 1.90 bits per heavy atom. The van der Waals surface area contributed by atoms with Gasteiger partial charge in [-0.05, 0) is 30.9 Å². The monoisotopic (exact) mass is 288 g/mol. The Hall–Kier alpha value is -1.84.